The first-order valence-electron chi connectivity index (χ1n) is 4.60. The lowest BCUT2D eigenvalue weighted by molar-refractivity contribution is -0.118. The van der Waals surface area contributed by atoms with Crippen molar-refractivity contribution in [3.63, 3.8) is 0 Å². The maximum atomic E-state index is 11.3. The Kier molecular flexibility index (Phi) is 3.07. The van der Waals surface area contributed by atoms with Gasteiger partial charge in [0.25, 0.3) is 11.1 Å². The Labute approximate surface area is 102 Å². The van der Waals surface area contributed by atoms with Crippen molar-refractivity contribution < 1.29 is 9.59 Å². The summed E-state index contributed by atoms with van der Waals surface area (Å²) in [5.74, 6) is -0.327. The Balaban J connectivity index is 2.12. The molecule has 1 saturated heterocycles. The van der Waals surface area contributed by atoms with Crippen LogP contribution in [0.5, 0.6) is 0 Å². The summed E-state index contributed by atoms with van der Waals surface area (Å²) < 4.78 is 0. The van der Waals surface area contributed by atoms with Gasteiger partial charge in [-0.3, -0.25) is 14.9 Å². The van der Waals surface area contributed by atoms with Crippen LogP contribution in [0.15, 0.2) is 18.2 Å². The second-order valence-corrected chi connectivity index (χ2v) is 4.87. The zero-order chi connectivity index (χ0) is 11.7. The number of halogens is 1. The van der Waals surface area contributed by atoms with Crippen LogP contribution in [0, 0.1) is 6.92 Å². The lowest BCUT2D eigenvalue weighted by Crippen LogP contribution is -2.29. The van der Waals surface area contributed by atoms with Crippen LogP contribution in [0.4, 0.5) is 10.5 Å². The zero-order valence-corrected chi connectivity index (χ0v) is 9.98. The number of imide groups is 1. The first kappa shape index (κ1) is 11.3. The molecular weight excluding hydrogens is 248 g/mol. The Morgan fingerprint density at radius 1 is 1.44 bits per heavy atom. The predicted octanol–water partition coefficient (Wildman–Crippen LogP) is 2.37. The average molecular weight is 257 g/mol. The van der Waals surface area contributed by atoms with Crippen LogP contribution in [0.2, 0.25) is 5.02 Å². The van der Waals surface area contributed by atoms with E-state index in [4.69, 9.17) is 11.6 Å². The molecule has 0 saturated carbocycles. The van der Waals surface area contributed by atoms with Crippen LogP contribution in [0.1, 0.15) is 5.56 Å². The summed E-state index contributed by atoms with van der Waals surface area (Å²) in [6.45, 7) is 1.90. The zero-order valence-electron chi connectivity index (χ0n) is 8.41. The van der Waals surface area contributed by atoms with Crippen molar-refractivity contribution in [1.82, 2.24) is 5.32 Å². The second kappa shape index (κ2) is 4.35. The van der Waals surface area contributed by atoms with Crippen molar-refractivity contribution in [2.75, 3.05) is 5.32 Å². The minimum atomic E-state index is -0.578. The molecule has 0 bridgehead atoms. The van der Waals surface area contributed by atoms with E-state index in [0.717, 1.165) is 23.0 Å². The first-order chi connectivity index (χ1) is 7.56. The molecule has 4 nitrogen and oxygen atoms in total. The molecule has 1 atom stereocenters. The van der Waals surface area contributed by atoms with Crippen LogP contribution >= 0.6 is 23.4 Å². The summed E-state index contributed by atoms with van der Waals surface area (Å²) in [4.78, 5) is 22.2. The number of rotatable bonds is 2. The average Bonchev–Trinajstić information content (AvgIpc) is 2.51. The number of thioether (sulfide) groups is 1. The highest BCUT2D eigenvalue weighted by molar-refractivity contribution is 8.15. The maximum Gasteiger partial charge on any atom is 0.288 e. The van der Waals surface area contributed by atoms with Crippen molar-refractivity contribution in [3.05, 3.63) is 28.8 Å². The lowest BCUT2D eigenvalue weighted by Gasteiger charge is -2.10. The fourth-order valence-corrected chi connectivity index (χ4v) is 2.20. The quantitative estimate of drug-likeness (QED) is 0.853. The fourth-order valence-electron chi connectivity index (χ4n) is 1.29. The smallest absolute Gasteiger partial charge is 0.288 e. The van der Waals surface area contributed by atoms with Gasteiger partial charge < -0.3 is 5.32 Å². The topological polar surface area (TPSA) is 58.2 Å². The number of carbonyl (C=O) groups is 2. The molecule has 1 aromatic carbocycles. The molecule has 1 fully saturated rings. The van der Waals surface area contributed by atoms with Gasteiger partial charge in [-0.25, -0.2) is 0 Å². The monoisotopic (exact) mass is 256 g/mol. The van der Waals surface area contributed by atoms with E-state index in [-0.39, 0.29) is 11.1 Å². The van der Waals surface area contributed by atoms with E-state index >= 15 is 0 Å². The summed E-state index contributed by atoms with van der Waals surface area (Å²) in [6, 6.07) is 5.40. The second-order valence-electron chi connectivity index (χ2n) is 3.38. The molecule has 2 N–H and O–H groups in total. The van der Waals surface area contributed by atoms with Gasteiger partial charge in [-0.1, -0.05) is 17.7 Å². The third-order valence-electron chi connectivity index (χ3n) is 2.16. The molecule has 1 heterocycles. The largest absolute Gasteiger partial charge is 0.365 e. The summed E-state index contributed by atoms with van der Waals surface area (Å²) in [5.41, 5.74) is 1.68. The van der Waals surface area contributed by atoms with Gasteiger partial charge in [0.1, 0.15) is 0 Å². The molecule has 0 radical (unpaired) electrons. The Hall–Kier alpha value is -1.20. The van der Waals surface area contributed by atoms with E-state index in [2.05, 4.69) is 10.6 Å². The molecular formula is C10H9ClN2O2S. The highest BCUT2D eigenvalue weighted by atomic mass is 35.5. The van der Waals surface area contributed by atoms with Gasteiger partial charge in [-0.15, -0.1) is 0 Å². The number of hydrogen-bond donors (Lipinski definition) is 2. The number of aryl methyl sites for hydroxylation is 1. The molecule has 1 unspecified atom stereocenters. The number of anilines is 1. The summed E-state index contributed by atoms with van der Waals surface area (Å²) in [6.07, 6.45) is 0. The minimum Gasteiger partial charge on any atom is -0.365 e. The highest BCUT2D eigenvalue weighted by Gasteiger charge is 2.31. The third kappa shape index (κ3) is 2.31. The van der Waals surface area contributed by atoms with Gasteiger partial charge in [-0.05, 0) is 36.4 Å². The van der Waals surface area contributed by atoms with E-state index in [1.165, 1.54) is 0 Å². The Morgan fingerprint density at radius 2 is 2.19 bits per heavy atom. The number of nitrogens with one attached hydrogen (secondary N) is 2. The van der Waals surface area contributed by atoms with E-state index < -0.39 is 5.37 Å². The van der Waals surface area contributed by atoms with E-state index in [1.807, 2.05) is 19.1 Å². The van der Waals surface area contributed by atoms with Gasteiger partial charge in [-0.2, -0.15) is 0 Å². The molecule has 16 heavy (non-hydrogen) atoms. The van der Waals surface area contributed by atoms with E-state index in [9.17, 15) is 9.59 Å². The third-order valence-corrected chi connectivity index (χ3v) is 3.45. The standard InChI is InChI=1S/C10H9ClN2O2S/c1-5-2-3-6(4-7(5)11)12-9-8(14)13-10(15)16-9/h2-4,9,12H,1H3,(H,13,14,15). The van der Waals surface area contributed by atoms with Gasteiger partial charge >= 0.3 is 0 Å². The molecule has 0 aliphatic carbocycles. The molecule has 1 aliphatic heterocycles. The van der Waals surface area contributed by atoms with Gasteiger partial charge in [0.05, 0.1) is 0 Å². The van der Waals surface area contributed by atoms with Crippen molar-refractivity contribution in [2.24, 2.45) is 0 Å². The first-order valence-corrected chi connectivity index (χ1v) is 5.86. The molecule has 1 aromatic rings. The summed E-state index contributed by atoms with van der Waals surface area (Å²) in [5, 5.41) is 4.85. The normalized spacial score (nSPS) is 19.8. The number of hydrogen-bond acceptors (Lipinski definition) is 4. The SMILES string of the molecule is Cc1ccc(NC2SC(=O)NC2=O)cc1Cl. The molecule has 2 rings (SSSR count). The minimum absolute atomic E-state index is 0.327. The van der Waals surface area contributed by atoms with Crippen molar-refractivity contribution in [1.29, 1.82) is 0 Å². The molecule has 1 aliphatic rings. The van der Waals surface area contributed by atoms with Crippen LogP contribution in [0.3, 0.4) is 0 Å². The highest BCUT2D eigenvalue weighted by Crippen LogP contribution is 2.24. The molecule has 0 aromatic heterocycles. The van der Waals surface area contributed by atoms with Crippen LogP contribution < -0.4 is 10.6 Å². The Bertz CT molecular complexity index is 464. The van der Waals surface area contributed by atoms with Crippen molar-refractivity contribution >= 4 is 40.2 Å². The van der Waals surface area contributed by atoms with Crippen molar-refractivity contribution in [3.8, 4) is 0 Å². The van der Waals surface area contributed by atoms with Gasteiger partial charge in [0.2, 0.25) is 0 Å². The number of amides is 2. The lowest BCUT2D eigenvalue weighted by atomic mass is 10.2. The Morgan fingerprint density at radius 3 is 2.75 bits per heavy atom. The van der Waals surface area contributed by atoms with Gasteiger partial charge in [0, 0.05) is 10.7 Å². The maximum absolute atomic E-state index is 11.3. The summed E-state index contributed by atoms with van der Waals surface area (Å²) in [7, 11) is 0. The van der Waals surface area contributed by atoms with Crippen molar-refractivity contribution in [2.45, 2.75) is 12.3 Å². The predicted molar refractivity (Wildman–Crippen MR) is 64.7 cm³/mol. The van der Waals surface area contributed by atoms with Crippen LogP contribution in [0.25, 0.3) is 0 Å². The molecule has 0 spiro atoms. The fraction of sp³-hybridized carbons (Fsp3) is 0.200. The number of benzene rings is 1. The van der Waals surface area contributed by atoms with E-state index in [1.54, 1.807) is 6.07 Å². The summed E-state index contributed by atoms with van der Waals surface area (Å²) >= 11 is 6.87. The molecule has 84 valence electrons. The molecule has 2 amide bonds. The van der Waals surface area contributed by atoms with Gasteiger partial charge in [0.15, 0.2) is 5.37 Å². The van der Waals surface area contributed by atoms with Crippen LogP contribution in [-0.4, -0.2) is 16.5 Å². The van der Waals surface area contributed by atoms with Crippen LogP contribution in [-0.2, 0) is 4.79 Å². The molecule has 6 heteroatoms. The van der Waals surface area contributed by atoms with E-state index in [0.29, 0.717) is 5.02 Å². The number of carbonyl (C=O) groups excluding carboxylic acids is 2.